The van der Waals surface area contributed by atoms with Gasteiger partial charge < -0.3 is 0 Å². The van der Waals surface area contributed by atoms with Crippen LogP contribution in [0.4, 0.5) is 0 Å². The van der Waals surface area contributed by atoms with Crippen LogP contribution in [0.1, 0.15) is 12.1 Å². The smallest absolute Gasteiger partial charge is 0.0809 e. The minimum Gasteiger partial charge on any atom is -0.261 e. The van der Waals surface area contributed by atoms with Gasteiger partial charge in [-0.1, -0.05) is 6.08 Å². The zero-order chi connectivity index (χ0) is 7.94. The van der Waals surface area contributed by atoms with Crippen LogP contribution < -0.4 is 0 Å². The Balaban J connectivity index is 2.50. The average molecular weight is 169 g/mol. The molecule has 0 unspecified atom stereocenters. The van der Waals surface area contributed by atoms with Gasteiger partial charge in [0, 0.05) is 18.3 Å². The lowest BCUT2D eigenvalue weighted by atomic mass is 10.3. The van der Waals surface area contributed by atoms with Crippen molar-refractivity contribution in [3.8, 4) is 0 Å². The van der Waals surface area contributed by atoms with E-state index in [2.05, 4.69) is 9.97 Å². The molecule has 0 N–H and O–H groups in total. The summed E-state index contributed by atoms with van der Waals surface area (Å²) >= 11 is 5.48. The Morgan fingerprint density at radius 2 is 2.36 bits per heavy atom. The van der Waals surface area contributed by atoms with Gasteiger partial charge >= 0.3 is 0 Å². The first kappa shape index (κ1) is 8.21. The van der Waals surface area contributed by atoms with Crippen molar-refractivity contribution in [3.05, 3.63) is 30.4 Å². The Morgan fingerprint density at radius 3 is 3.00 bits per heavy atom. The summed E-state index contributed by atoms with van der Waals surface area (Å²) in [6.45, 7) is 0. The third-order valence-corrected chi connectivity index (χ3v) is 1.37. The SMILES string of the molecule is ClCCC=Cc1cnccn1. The highest BCUT2D eigenvalue weighted by atomic mass is 35.5. The van der Waals surface area contributed by atoms with Gasteiger partial charge in [-0.3, -0.25) is 9.97 Å². The first-order valence-electron chi connectivity index (χ1n) is 3.42. The Labute approximate surface area is 70.9 Å². The van der Waals surface area contributed by atoms with Gasteiger partial charge in [0.25, 0.3) is 0 Å². The summed E-state index contributed by atoms with van der Waals surface area (Å²) in [4.78, 5) is 7.97. The van der Waals surface area contributed by atoms with E-state index in [0.29, 0.717) is 5.88 Å². The van der Waals surface area contributed by atoms with Crippen molar-refractivity contribution in [1.29, 1.82) is 0 Å². The molecule has 0 saturated heterocycles. The molecule has 0 fully saturated rings. The number of rotatable bonds is 3. The van der Waals surface area contributed by atoms with Crippen LogP contribution in [0.3, 0.4) is 0 Å². The van der Waals surface area contributed by atoms with Crippen molar-refractivity contribution in [2.24, 2.45) is 0 Å². The van der Waals surface area contributed by atoms with Crippen LogP contribution in [-0.2, 0) is 0 Å². The molecule has 0 saturated carbocycles. The molecule has 2 nitrogen and oxygen atoms in total. The van der Waals surface area contributed by atoms with Crippen molar-refractivity contribution in [2.75, 3.05) is 5.88 Å². The molecule has 0 amide bonds. The fraction of sp³-hybridized carbons (Fsp3) is 0.250. The molecule has 1 aromatic heterocycles. The van der Waals surface area contributed by atoms with E-state index in [9.17, 15) is 0 Å². The standard InChI is InChI=1S/C8H9ClN2/c9-4-2-1-3-8-7-10-5-6-11-8/h1,3,5-7H,2,4H2. The highest BCUT2D eigenvalue weighted by molar-refractivity contribution is 6.17. The van der Waals surface area contributed by atoms with Crippen molar-refractivity contribution in [1.82, 2.24) is 9.97 Å². The Kier molecular flexibility index (Phi) is 3.62. The second-order valence-corrected chi connectivity index (χ2v) is 2.39. The van der Waals surface area contributed by atoms with Gasteiger partial charge in [-0.2, -0.15) is 0 Å². The lowest BCUT2D eigenvalue weighted by Crippen LogP contribution is -1.79. The molecule has 1 aromatic rings. The predicted molar refractivity (Wildman–Crippen MR) is 46.4 cm³/mol. The normalized spacial score (nSPS) is 10.6. The topological polar surface area (TPSA) is 25.8 Å². The molecule has 0 radical (unpaired) electrons. The number of nitrogens with zero attached hydrogens (tertiary/aromatic N) is 2. The van der Waals surface area contributed by atoms with E-state index in [4.69, 9.17) is 11.6 Å². The van der Waals surface area contributed by atoms with Crippen LogP contribution in [0.25, 0.3) is 6.08 Å². The number of allylic oxidation sites excluding steroid dienone is 1. The number of hydrogen-bond donors (Lipinski definition) is 0. The van der Waals surface area contributed by atoms with Gasteiger partial charge in [0.2, 0.25) is 0 Å². The van der Waals surface area contributed by atoms with E-state index in [1.165, 1.54) is 0 Å². The minimum absolute atomic E-state index is 0.650. The highest BCUT2D eigenvalue weighted by Crippen LogP contribution is 1.95. The second kappa shape index (κ2) is 4.85. The van der Waals surface area contributed by atoms with Gasteiger partial charge in [0.15, 0.2) is 0 Å². The molecule has 0 atom stereocenters. The summed E-state index contributed by atoms with van der Waals surface area (Å²) < 4.78 is 0. The highest BCUT2D eigenvalue weighted by Gasteiger charge is 1.83. The quantitative estimate of drug-likeness (QED) is 0.647. The first-order chi connectivity index (χ1) is 5.43. The average Bonchev–Trinajstić information content (AvgIpc) is 2.07. The Bertz CT molecular complexity index is 221. The molecular weight excluding hydrogens is 160 g/mol. The van der Waals surface area contributed by atoms with E-state index in [-0.39, 0.29) is 0 Å². The Hall–Kier alpha value is -0.890. The molecule has 1 rings (SSSR count). The summed E-state index contributed by atoms with van der Waals surface area (Å²) in [5, 5.41) is 0. The fourth-order valence-corrected chi connectivity index (χ4v) is 0.790. The van der Waals surface area contributed by atoms with Crippen LogP contribution in [0.5, 0.6) is 0 Å². The maximum Gasteiger partial charge on any atom is 0.0809 e. The van der Waals surface area contributed by atoms with Crippen LogP contribution in [-0.4, -0.2) is 15.8 Å². The maximum absolute atomic E-state index is 5.48. The lowest BCUT2D eigenvalue weighted by molar-refractivity contribution is 1.17. The molecule has 3 heteroatoms. The summed E-state index contributed by atoms with van der Waals surface area (Å²) in [6, 6.07) is 0. The van der Waals surface area contributed by atoms with E-state index >= 15 is 0 Å². The van der Waals surface area contributed by atoms with Gasteiger partial charge in [-0.15, -0.1) is 11.6 Å². The first-order valence-corrected chi connectivity index (χ1v) is 3.95. The molecule has 0 aromatic carbocycles. The van der Waals surface area contributed by atoms with Crippen LogP contribution in [0.15, 0.2) is 24.7 Å². The zero-order valence-electron chi connectivity index (χ0n) is 6.07. The van der Waals surface area contributed by atoms with Crippen molar-refractivity contribution in [3.63, 3.8) is 0 Å². The molecule has 0 aliphatic rings. The molecule has 0 spiro atoms. The molecule has 11 heavy (non-hydrogen) atoms. The third kappa shape index (κ3) is 3.14. The zero-order valence-corrected chi connectivity index (χ0v) is 6.83. The summed E-state index contributed by atoms with van der Waals surface area (Å²) in [7, 11) is 0. The van der Waals surface area contributed by atoms with E-state index in [1.54, 1.807) is 18.6 Å². The Morgan fingerprint density at radius 1 is 1.45 bits per heavy atom. The molecular formula is C8H9ClN2. The van der Waals surface area contributed by atoms with Crippen LogP contribution >= 0.6 is 11.6 Å². The van der Waals surface area contributed by atoms with E-state index < -0.39 is 0 Å². The largest absolute Gasteiger partial charge is 0.261 e. The summed E-state index contributed by atoms with van der Waals surface area (Å²) in [6.07, 6.45) is 9.80. The van der Waals surface area contributed by atoms with Gasteiger partial charge in [0.05, 0.1) is 11.9 Å². The van der Waals surface area contributed by atoms with E-state index in [1.807, 2.05) is 12.2 Å². The summed E-state index contributed by atoms with van der Waals surface area (Å²) in [5.74, 6) is 0.650. The molecule has 0 aliphatic heterocycles. The minimum atomic E-state index is 0.650. The molecule has 0 bridgehead atoms. The number of alkyl halides is 1. The fourth-order valence-electron chi connectivity index (χ4n) is 0.664. The molecule has 1 heterocycles. The van der Waals surface area contributed by atoms with Crippen molar-refractivity contribution < 1.29 is 0 Å². The molecule has 58 valence electrons. The monoisotopic (exact) mass is 168 g/mol. The van der Waals surface area contributed by atoms with Crippen LogP contribution in [0.2, 0.25) is 0 Å². The van der Waals surface area contributed by atoms with Gasteiger partial charge in [-0.25, -0.2) is 0 Å². The lowest BCUT2D eigenvalue weighted by Gasteiger charge is -1.87. The summed E-state index contributed by atoms with van der Waals surface area (Å²) in [5.41, 5.74) is 0.873. The van der Waals surface area contributed by atoms with Crippen molar-refractivity contribution in [2.45, 2.75) is 6.42 Å². The predicted octanol–water partition coefficient (Wildman–Crippen LogP) is 2.12. The second-order valence-electron chi connectivity index (χ2n) is 2.01. The number of aromatic nitrogens is 2. The number of hydrogen-bond acceptors (Lipinski definition) is 2. The van der Waals surface area contributed by atoms with Crippen molar-refractivity contribution >= 4 is 17.7 Å². The third-order valence-electron chi connectivity index (χ3n) is 1.15. The van der Waals surface area contributed by atoms with Crippen LogP contribution in [0, 0.1) is 0 Å². The van der Waals surface area contributed by atoms with Gasteiger partial charge in [-0.05, 0) is 12.5 Å². The maximum atomic E-state index is 5.48. The molecule has 0 aliphatic carbocycles. The van der Waals surface area contributed by atoms with E-state index in [0.717, 1.165) is 12.1 Å². The van der Waals surface area contributed by atoms with Gasteiger partial charge in [0.1, 0.15) is 0 Å². The number of halogens is 1.